The summed E-state index contributed by atoms with van der Waals surface area (Å²) in [5, 5.41) is 0.634. The van der Waals surface area contributed by atoms with Gasteiger partial charge in [-0.15, -0.1) is 0 Å². The van der Waals surface area contributed by atoms with Crippen molar-refractivity contribution in [1.82, 2.24) is 4.98 Å². The van der Waals surface area contributed by atoms with Crippen LogP contribution in [0.2, 0.25) is 0 Å². The van der Waals surface area contributed by atoms with Gasteiger partial charge in [0.25, 0.3) is 0 Å². The van der Waals surface area contributed by atoms with Gasteiger partial charge >= 0.3 is 0 Å². The number of anilines is 1. The molecule has 2 heterocycles. The summed E-state index contributed by atoms with van der Waals surface area (Å²) in [4.78, 5) is 19.7. The van der Waals surface area contributed by atoms with E-state index in [9.17, 15) is 4.79 Å². The predicted octanol–water partition coefficient (Wildman–Crippen LogP) is 5.29. The van der Waals surface area contributed by atoms with Crippen molar-refractivity contribution in [2.24, 2.45) is 0 Å². The molecular formula is C23H22N2O3S. The number of fused-ring (bicyclic) bond motifs is 1. The van der Waals surface area contributed by atoms with E-state index in [1.807, 2.05) is 36.4 Å². The fourth-order valence-corrected chi connectivity index (χ4v) is 4.20. The minimum atomic E-state index is -0.0253. The van der Waals surface area contributed by atoms with Crippen molar-refractivity contribution in [2.45, 2.75) is 26.8 Å². The van der Waals surface area contributed by atoms with Gasteiger partial charge in [0.1, 0.15) is 17.0 Å². The fraction of sp³-hybridized carbons (Fsp3) is 0.217. The first-order valence-corrected chi connectivity index (χ1v) is 10.2. The van der Waals surface area contributed by atoms with Gasteiger partial charge in [-0.05, 0) is 54.8 Å². The van der Waals surface area contributed by atoms with Gasteiger partial charge < -0.3 is 9.15 Å². The molecule has 4 aromatic rings. The molecule has 2 aromatic carbocycles. The zero-order chi connectivity index (χ0) is 20.4. The van der Waals surface area contributed by atoms with Crippen LogP contribution in [0.1, 0.15) is 22.5 Å². The zero-order valence-corrected chi connectivity index (χ0v) is 17.5. The topological polar surface area (TPSA) is 55.6 Å². The fourth-order valence-electron chi connectivity index (χ4n) is 3.20. The van der Waals surface area contributed by atoms with Crippen LogP contribution in [-0.4, -0.2) is 18.0 Å². The van der Waals surface area contributed by atoms with Crippen molar-refractivity contribution in [2.75, 3.05) is 12.0 Å². The highest BCUT2D eigenvalue weighted by molar-refractivity contribution is 7.22. The van der Waals surface area contributed by atoms with Gasteiger partial charge in [0.2, 0.25) is 5.91 Å². The molecule has 0 aliphatic heterocycles. The molecule has 0 N–H and O–H groups in total. The van der Waals surface area contributed by atoms with E-state index in [4.69, 9.17) is 14.1 Å². The lowest BCUT2D eigenvalue weighted by atomic mass is 10.0. The van der Waals surface area contributed by atoms with E-state index in [1.165, 1.54) is 22.5 Å². The van der Waals surface area contributed by atoms with Crippen LogP contribution >= 0.6 is 11.3 Å². The van der Waals surface area contributed by atoms with E-state index >= 15 is 0 Å². The molecule has 0 fully saturated rings. The van der Waals surface area contributed by atoms with Crippen LogP contribution in [-0.2, 0) is 17.8 Å². The van der Waals surface area contributed by atoms with E-state index in [0.717, 1.165) is 15.8 Å². The Morgan fingerprint density at radius 3 is 2.72 bits per heavy atom. The van der Waals surface area contributed by atoms with E-state index in [2.05, 4.69) is 26.0 Å². The average molecular weight is 407 g/mol. The Morgan fingerprint density at radius 1 is 1.14 bits per heavy atom. The highest BCUT2D eigenvalue weighted by Crippen LogP contribution is 2.35. The van der Waals surface area contributed by atoms with Crippen molar-refractivity contribution in [3.05, 3.63) is 77.2 Å². The molecule has 0 radical (unpaired) electrons. The number of benzene rings is 2. The molecule has 1 amide bonds. The van der Waals surface area contributed by atoms with Gasteiger partial charge in [-0.3, -0.25) is 9.69 Å². The highest BCUT2D eigenvalue weighted by Gasteiger charge is 2.22. The SMILES string of the molecule is COc1cccc2sc(N(Cc3ccco3)C(=O)Cc3ccc(C)c(C)c3)nc12. The Labute approximate surface area is 173 Å². The summed E-state index contributed by atoms with van der Waals surface area (Å²) in [7, 11) is 1.62. The first-order chi connectivity index (χ1) is 14.0. The minimum Gasteiger partial charge on any atom is -0.494 e. The van der Waals surface area contributed by atoms with Crippen LogP contribution in [0.15, 0.2) is 59.2 Å². The highest BCUT2D eigenvalue weighted by atomic mass is 32.1. The lowest BCUT2D eigenvalue weighted by molar-refractivity contribution is -0.118. The van der Waals surface area contributed by atoms with Gasteiger partial charge in [-0.2, -0.15) is 0 Å². The number of carbonyl (C=O) groups is 1. The maximum absolute atomic E-state index is 13.3. The van der Waals surface area contributed by atoms with Crippen LogP contribution in [0, 0.1) is 13.8 Å². The van der Waals surface area contributed by atoms with E-state index < -0.39 is 0 Å². The normalized spacial score (nSPS) is 11.0. The largest absolute Gasteiger partial charge is 0.494 e. The molecule has 148 valence electrons. The number of carbonyl (C=O) groups excluding carboxylic acids is 1. The number of aryl methyl sites for hydroxylation is 2. The molecule has 0 saturated heterocycles. The quantitative estimate of drug-likeness (QED) is 0.436. The second-order valence-electron chi connectivity index (χ2n) is 6.96. The van der Waals surface area contributed by atoms with Crippen LogP contribution < -0.4 is 9.64 Å². The van der Waals surface area contributed by atoms with Crippen molar-refractivity contribution in [3.8, 4) is 5.75 Å². The minimum absolute atomic E-state index is 0.0253. The number of nitrogens with zero attached hydrogens (tertiary/aromatic N) is 2. The number of amides is 1. The number of aromatic nitrogens is 1. The molecule has 0 atom stereocenters. The summed E-state index contributed by atoms with van der Waals surface area (Å²) in [5.74, 6) is 1.39. The summed E-state index contributed by atoms with van der Waals surface area (Å²) in [6.45, 7) is 4.46. The summed E-state index contributed by atoms with van der Waals surface area (Å²) in [6, 6.07) is 15.6. The van der Waals surface area contributed by atoms with Crippen LogP contribution in [0.5, 0.6) is 5.75 Å². The van der Waals surface area contributed by atoms with Gasteiger partial charge in [-0.1, -0.05) is 35.6 Å². The third-order valence-corrected chi connectivity index (χ3v) is 5.99. The van der Waals surface area contributed by atoms with Crippen molar-refractivity contribution in [3.63, 3.8) is 0 Å². The predicted molar refractivity (Wildman–Crippen MR) is 116 cm³/mol. The Morgan fingerprint density at radius 2 is 2.00 bits per heavy atom. The third kappa shape index (κ3) is 4.03. The molecule has 4 rings (SSSR count). The van der Waals surface area contributed by atoms with E-state index in [0.29, 0.717) is 29.6 Å². The van der Waals surface area contributed by atoms with Crippen molar-refractivity contribution in [1.29, 1.82) is 0 Å². The second-order valence-corrected chi connectivity index (χ2v) is 7.97. The number of furan rings is 1. The molecule has 6 heteroatoms. The van der Waals surface area contributed by atoms with Crippen molar-refractivity contribution >= 4 is 32.6 Å². The first-order valence-electron chi connectivity index (χ1n) is 9.37. The van der Waals surface area contributed by atoms with Crippen LogP contribution in [0.25, 0.3) is 10.2 Å². The van der Waals surface area contributed by atoms with Gasteiger partial charge in [0.05, 0.1) is 31.0 Å². The van der Waals surface area contributed by atoms with Crippen LogP contribution in [0.4, 0.5) is 5.13 Å². The molecule has 0 unspecified atom stereocenters. The number of thiazole rings is 1. The van der Waals surface area contributed by atoms with Crippen molar-refractivity contribution < 1.29 is 13.9 Å². The third-order valence-electron chi connectivity index (χ3n) is 4.94. The van der Waals surface area contributed by atoms with Crippen LogP contribution in [0.3, 0.4) is 0 Å². The summed E-state index contributed by atoms with van der Waals surface area (Å²) >= 11 is 1.47. The summed E-state index contributed by atoms with van der Waals surface area (Å²) in [5.41, 5.74) is 4.14. The number of rotatable bonds is 6. The number of para-hydroxylation sites is 1. The number of methoxy groups -OCH3 is 1. The van der Waals surface area contributed by atoms with Gasteiger partial charge in [-0.25, -0.2) is 4.98 Å². The number of hydrogen-bond acceptors (Lipinski definition) is 5. The van der Waals surface area contributed by atoms with Gasteiger partial charge in [0.15, 0.2) is 5.13 Å². The molecule has 0 aliphatic rings. The average Bonchev–Trinajstić information content (AvgIpc) is 3.37. The molecule has 0 spiro atoms. The number of ether oxygens (including phenoxy) is 1. The molecule has 29 heavy (non-hydrogen) atoms. The monoisotopic (exact) mass is 406 g/mol. The summed E-state index contributed by atoms with van der Waals surface area (Å²) < 4.78 is 11.9. The molecule has 5 nitrogen and oxygen atoms in total. The maximum atomic E-state index is 13.3. The Balaban J connectivity index is 1.69. The smallest absolute Gasteiger partial charge is 0.233 e. The second kappa shape index (κ2) is 8.09. The molecule has 0 bridgehead atoms. The number of hydrogen-bond donors (Lipinski definition) is 0. The lowest BCUT2D eigenvalue weighted by Crippen LogP contribution is -2.31. The van der Waals surface area contributed by atoms with E-state index in [1.54, 1.807) is 18.3 Å². The molecular weight excluding hydrogens is 384 g/mol. The standard InChI is InChI=1S/C23H22N2O3S/c1-15-9-10-17(12-16(15)2)13-21(26)25(14-18-6-5-11-28-18)23-24-22-19(27-3)7-4-8-20(22)29-23/h4-12H,13-14H2,1-3H3. The lowest BCUT2D eigenvalue weighted by Gasteiger charge is -2.19. The van der Waals surface area contributed by atoms with Gasteiger partial charge in [0, 0.05) is 0 Å². The van der Waals surface area contributed by atoms with E-state index in [-0.39, 0.29) is 5.91 Å². The Kier molecular flexibility index (Phi) is 5.36. The Hall–Kier alpha value is -3.12. The maximum Gasteiger partial charge on any atom is 0.233 e. The molecule has 0 saturated carbocycles. The molecule has 0 aliphatic carbocycles. The molecule has 2 aromatic heterocycles. The Bertz CT molecular complexity index is 1150. The summed E-state index contributed by atoms with van der Waals surface area (Å²) in [6.07, 6.45) is 1.91. The first kappa shape index (κ1) is 19.2. The zero-order valence-electron chi connectivity index (χ0n) is 16.6.